The number of nitrogens with one attached hydrogen (secondary N) is 2. The van der Waals surface area contributed by atoms with Gasteiger partial charge in [-0.25, -0.2) is 4.79 Å². The van der Waals surface area contributed by atoms with E-state index in [1.807, 2.05) is 20.8 Å². The maximum Gasteiger partial charge on any atom is 0.338 e. The van der Waals surface area contributed by atoms with Crippen molar-refractivity contribution in [2.45, 2.75) is 39.7 Å². The van der Waals surface area contributed by atoms with E-state index in [0.717, 1.165) is 6.42 Å². The highest BCUT2D eigenvalue weighted by molar-refractivity contribution is 5.90. The number of nitriles is 1. The largest absolute Gasteiger partial charge is 0.462 e. The van der Waals surface area contributed by atoms with Crippen LogP contribution in [0.5, 0.6) is 0 Å². The average molecular weight is 331 g/mol. The fraction of sp³-hybridized carbons (Fsp3) is 0.500. The van der Waals surface area contributed by atoms with Gasteiger partial charge in [-0.3, -0.25) is 4.79 Å². The molecule has 1 unspecified atom stereocenters. The van der Waals surface area contributed by atoms with Crippen LogP contribution >= 0.6 is 0 Å². The summed E-state index contributed by atoms with van der Waals surface area (Å²) in [5.41, 5.74) is 0.279. The van der Waals surface area contributed by atoms with Crippen LogP contribution in [0.1, 0.15) is 44.5 Å². The summed E-state index contributed by atoms with van der Waals surface area (Å²) >= 11 is 0. The van der Waals surface area contributed by atoms with Gasteiger partial charge >= 0.3 is 5.97 Å². The zero-order chi connectivity index (χ0) is 18.2. The van der Waals surface area contributed by atoms with E-state index in [1.54, 1.807) is 31.2 Å². The van der Waals surface area contributed by atoms with E-state index in [1.165, 1.54) is 0 Å². The molecule has 1 rings (SSSR count). The van der Waals surface area contributed by atoms with Crippen molar-refractivity contribution in [3.05, 3.63) is 29.8 Å². The third kappa shape index (κ3) is 5.58. The number of carbonyl (C=O) groups is 2. The second-order valence-corrected chi connectivity index (χ2v) is 6.08. The third-order valence-corrected chi connectivity index (χ3v) is 3.80. The molecule has 0 aliphatic rings. The molecule has 24 heavy (non-hydrogen) atoms. The van der Waals surface area contributed by atoms with E-state index >= 15 is 0 Å². The Balaban J connectivity index is 2.55. The fourth-order valence-corrected chi connectivity index (χ4v) is 1.82. The van der Waals surface area contributed by atoms with Crippen molar-refractivity contribution in [3.63, 3.8) is 0 Å². The van der Waals surface area contributed by atoms with Crippen LogP contribution in [0.15, 0.2) is 24.3 Å². The fourth-order valence-electron chi connectivity index (χ4n) is 1.82. The van der Waals surface area contributed by atoms with Crippen molar-refractivity contribution in [2.75, 3.05) is 18.5 Å². The molecule has 0 spiro atoms. The average Bonchev–Trinajstić information content (AvgIpc) is 2.58. The smallest absolute Gasteiger partial charge is 0.338 e. The van der Waals surface area contributed by atoms with Crippen molar-refractivity contribution < 1.29 is 14.3 Å². The standard InChI is InChI=1S/C18H25N3O3/c1-5-10-24-17(23)14-6-8-15(9-7-14)20-11-16(22)21-18(4,12-19)13(2)3/h6-9,13,20H,5,10-11H2,1-4H3,(H,21,22). The first-order valence-corrected chi connectivity index (χ1v) is 8.05. The van der Waals surface area contributed by atoms with Gasteiger partial charge in [0.25, 0.3) is 0 Å². The number of nitrogens with zero attached hydrogens (tertiary/aromatic N) is 1. The summed E-state index contributed by atoms with van der Waals surface area (Å²) in [6.45, 7) is 7.84. The summed E-state index contributed by atoms with van der Waals surface area (Å²) in [4.78, 5) is 23.7. The molecule has 1 aromatic carbocycles. The van der Waals surface area contributed by atoms with Crippen LogP contribution in [-0.4, -0.2) is 30.6 Å². The number of hydrogen-bond donors (Lipinski definition) is 2. The summed E-state index contributed by atoms with van der Waals surface area (Å²) in [6.07, 6.45) is 0.776. The van der Waals surface area contributed by atoms with Gasteiger partial charge in [0.1, 0.15) is 5.54 Å². The Morgan fingerprint density at radius 1 is 1.29 bits per heavy atom. The molecule has 6 heteroatoms. The van der Waals surface area contributed by atoms with Gasteiger partial charge in [-0.1, -0.05) is 20.8 Å². The van der Waals surface area contributed by atoms with Gasteiger partial charge in [-0.05, 0) is 43.5 Å². The van der Waals surface area contributed by atoms with Crippen molar-refractivity contribution in [1.82, 2.24) is 5.32 Å². The number of anilines is 1. The molecule has 1 amide bonds. The van der Waals surface area contributed by atoms with Crippen LogP contribution in [0.2, 0.25) is 0 Å². The van der Waals surface area contributed by atoms with E-state index in [-0.39, 0.29) is 24.3 Å². The number of carbonyl (C=O) groups excluding carboxylic acids is 2. The van der Waals surface area contributed by atoms with Crippen LogP contribution in [-0.2, 0) is 9.53 Å². The number of hydrogen-bond acceptors (Lipinski definition) is 5. The lowest BCUT2D eigenvalue weighted by Crippen LogP contribution is -2.50. The molecule has 1 atom stereocenters. The molecule has 0 bridgehead atoms. The minimum absolute atomic E-state index is 0.000123. The van der Waals surface area contributed by atoms with Crippen molar-refractivity contribution in [3.8, 4) is 6.07 Å². The molecule has 1 aromatic rings. The quantitative estimate of drug-likeness (QED) is 0.715. The Bertz CT molecular complexity index is 605. The summed E-state index contributed by atoms with van der Waals surface area (Å²) in [7, 11) is 0. The maximum absolute atomic E-state index is 12.0. The summed E-state index contributed by atoms with van der Waals surface area (Å²) in [6, 6.07) is 8.84. The van der Waals surface area contributed by atoms with Crippen LogP contribution in [0.4, 0.5) is 5.69 Å². The Kier molecular flexibility index (Phi) is 7.25. The molecular weight excluding hydrogens is 306 g/mol. The number of benzene rings is 1. The van der Waals surface area contributed by atoms with Crippen LogP contribution < -0.4 is 10.6 Å². The lowest BCUT2D eigenvalue weighted by Gasteiger charge is -2.27. The molecule has 2 N–H and O–H groups in total. The molecule has 0 saturated carbocycles. The van der Waals surface area contributed by atoms with E-state index in [4.69, 9.17) is 4.74 Å². The van der Waals surface area contributed by atoms with Gasteiger partial charge in [0, 0.05) is 5.69 Å². The zero-order valence-electron chi connectivity index (χ0n) is 14.7. The van der Waals surface area contributed by atoms with Gasteiger partial charge < -0.3 is 15.4 Å². The van der Waals surface area contributed by atoms with E-state index in [0.29, 0.717) is 17.9 Å². The number of amides is 1. The summed E-state index contributed by atoms with van der Waals surface area (Å²) in [5, 5.41) is 14.9. The first-order valence-electron chi connectivity index (χ1n) is 8.05. The number of rotatable bonds is 8. The van der Waals surface area contributed by atoms with Gasteiger partial charge in [0.05, 0.1) is 24.8 Å². The first kappa shape index (κ1) is 19.5. The van der Waals surface area contributed by atoms with Crippen LogP contribution in [0.3, 0.4) is 0 Å². The molecule has 0 fully saturated rings. The molecule has 0 aliphatic heterocycles. The molecule has 0 saturated heterocycles. The molecule has 0 aliphatic carbocycles. The van der Waals surface area contributed by atoms with Gasteiger partial charge in [0.2, 0.25) is 5.91 Å². The summed E-state index contributed by atoms with van der Waals surface area (Å²) < 4.78 is 5.05. The topological polar surface area (TPSA) is 91.2 Å². The second kappa shape index (κ2) is 8.92. The lowest BCUT2D eigenvalue weighted by atomic mass is 9.90. The molecular formula is C18H25N3O3. The molecule has 6 nitrogen and oxygen atoms in total. The highest BCUT2D eigenvalue weighted by Crippen LogP contribution is 2.15. The predicted molar refractivity (Wildman–Crippen MR) is 92.5 cm³/mol. The Labute approximate surface area is 143 Å². The van der Waals surface area contributed by atoms with Crippen molar-refractivity contribution in [1.29, 1.82) is 5.26 Å². The van der Waals surface area contributed by atoms with Crippen molar-refractivity contribution >= 4 is 17.6 Å². The number of esters is 1. The first-order chi connectivity index (χ1) is 11.3. The summed E-state index contributed by atoms with van der Waals surface area (Å²) in [5.74, 6) is -0.623. The maximum atomic E-state index is 12.0. The van der Waals surface area contributed by atoms with Gasteiger partial charge in [-0.15, -0.1) is 0 Å². The highest BCUT2D eigenvalue weighted by atomic mass is 16.5. The van der Waals surface area contributed by atoms with E-state index in [9.17, 15) is 14.9 Å². The lowest BCUT2D eigenvalue weighted by molar-refractivity contribution is -0.121. The molecule has 0 radical (unpaired) electrons. The Hall–Kier alpha value is -2.55. The minimum Gasteiger partial charge on any atom is -0.462 e. The Morgan fingerprint density at radius 2 is 1.92 bits per heavy atom. The molecule has 0 aromatic heterocycles. The molecule has 130 valence electrons. The van der Waals surface area contributed by atoms with Gasteiger partial charge in [0.15, 0.2) is 0 Å². The minimum atomic E-state index is -0.897. The normalized spacial score (nSPS) is 12.8. The Morgan fingerprint density at radius 3 is 2.42 bits per heavy atom. The predicted octanol–water partition coefficient (Wildman–Crippen LogP) is 2.72. The van der Waals surface area contributed by atoms with Gasteiger partial charge in [-0.2, -0.15) is 5.26 Å². The number of ether oxygens (including phenoxy) is 1. The third-order valence-electron chi connectivity index (χ3n) is 3.80. The zero-order valence-corrected chi connectivity index (χ0v) is 14.7. The van der Waals surface area contributed by atoms with Crippen LogP contribution in [0.25, 0.3) is 0 Å². The highest BCUT2D eigenvalue weighted by Gasteiger charge is 2.29. The van der Waals surface area contributed by atoms with E-state index < -0.39 is 5.54 Å². The SMILES string of the molecule is CCCOC(=O)c1ccc(NCC(=O)NC(C)(C#N)C(C)C)cc1. The second-order valence-electron chi connectivity index (χ2n) is 6.08. The van der Waals surface area contributed by atoms with Crippen molar-refractivity contribution in [2.24, 2.45) is 5.92 Å². The van der Waals surface area contributed by atoms with E-state index in [2.05, 4.69) is 16.7 Å². The van der Waals surface area contributed by atoms with Crippen LogP contribution in [0, 0.1) is 17.2 Å². The monoisotopic (exact) mass is 331 g/mol. The molecule has 0 heterocycles.